The molecule has 0 fully saturated rings. The Bertz CT molecular complexity index is 989. The Labute approximate surface area is 154 Å². The molecule has 132 valence electrons. The van der Waals surface area contributed by atoms with Gasteiger partial charge in [0.1, 0.15) is 11.6 Å². The first-order valence-electron chi connectivity index (χ1n) is 8.14. The van der Waals surface area contributed by atoms with Crippen molar-refractivity contribution in [2.75, 3.05) is 6.54 Å². The van der Waals surface area contributed by atoms with Gasteiger partial charge < -0.3 is 4.90 Å². The number of nitrogens with one attached hydrogen (secondary N) is 1. The Kier molecular flexibility index (Phi) is 4.16. The molecule has 1 N–H and O–H groups in total. The number of aromatic amines is 1. The van der Waals surface area contributed by atoms with Gasteiger partial charge in [-0.25, -0.2) is 14.4 Å². The number of fused-ring (bicyclic) bond motifs is 1. The smallest absolute Gasteiger partial charge is 0.255 e. The van der Waals surface area contributed by atoms with Crippen LogP contribution < -0.4 is 0 Å². The minimum Gasteiger partial charge on any atom is -0.332 e. The molecule has 0 unspecified atom stereocenters. The number of benzene rings is 1. The molecule has 0 saturated heterocycles. The molecule has 1 amide bonds. The van der Waals surface area contributed by atoms with Crippen LogP contribution in [0.3, 0.4) is 0 Å². The minimum atomic E-state index is -0.602. The molecular formula is C18H15ClFN5O. The highest BCUT2D eigenvalue weighted by Gasteiger charge is 2.27. The van der Waals surface area contributed by atoms with Gasteiger partial charge in [0.2, 0.25) is 0 Å². The number of aryl methyl sites for hydroxylation is 1. The Morgan fingerprint density at radius 1 is 1.31 bits per heavy atom. The lowest BCUT2D eigenvalue weighted by atomic mass is 10.00. The van der Waals surface area contributed by atoms with Crippen molar-refractivity contribution in [3.05, 3.63) is 63.9 Å². The van der Waals surface area contributed by atoms with Gasteiger partial charge in [-0.15, -0.1) is 0 Å². The molecule has 26 heavy (non-hydrogen) atoms. The van der Waals surface area contributed by atoms with E-state index in [2.05, 4.69) is 20.2 Å². The lowest BCUT2D eigenvalue weighted by molar-refractivity contribution is 0.0731. The molecule has 0 aliphatic carbocycles. The second kappa shape index (κ2) is 6.49. The molecule has 8 heteroatoms. The summed E-state index contributed by atoms with van der Waals surface area (Å²) in [6.07, 6.45) is 2.27. The van der Waals surface area contributed by atoms with Gasteiger partial charge in [-0.1, -0.05) is 17.7 Å². The van der Waals surface area contributed by atoms with Crippen molar-refractivity contribution < 1.29 is 9.18 Å². The number of hydrogen-bond donors (Lipinski definition) is 1. The van der Waals surface area contributed by atoms with E-state index in [4.69, 9.17) is 11.6 Å². The molecule has 2 aromatic heterocycles. The Balaban J connectivity index is 1.68. The van der Waals surface area contributed by atoms with Crippen LogP contribution in [0.15, 0.2) is 30.5 Å². The van der Waals surface area contributed by atoms with Gasteiger partial charge in [0, 0.05) is 18.3 Å². The highest BCUT2D eigenvalue weighted by molar-refractivity contribution is 6.34. The number of carbonyl (C=O) groups excluding carboxylic acids is 1. The molecule has 1 aliphatic rings. The van der Waals surface area contributed by atoms with Crippen LogP contribution in [0.1, 0.15) is 27.4 Å². The summed E-state index contributed by atoms with van der Waals surface area (Å²) in [5, 5.41) is 6.75. The first-order valence-corrected chi connectivity index (χ1v) is 8.52. The second-order valence-electron chi connectivity index (χ2n) is 6.09. The predicted octanol–water partition coefficient (Wildman–Crippen LogP) is 3.17. The van der Waals surface area contributed by atoms with E-state index in [1.165, 1.54) is 18.2 Å². The van der Waals surface area contributed by atoms with Crippen LogP contribution in [0.25, 0.3) is 11.4 Å². The van der Waals surface area contributed by atoms with Crippen molar-refractivity contribution >= 4 is 17.5 Å². The third kappa shape index (κ3) is 2.84. The number of hydrogen-bond acceptors (Lipinski definition) is 4. The number of halogens is 2. The summed E-state index contributed by atoms with van der Waals surface area (Å²) in [5.41, 5.74) is 3.57. The summed E-state index contributed by atoms with van der Waals surface area (Å²) in [5.74, 6) is -0.291. The van der Waals surface area contributed by atoms with Crippen LogP contribution in [0, 0.1) is 12.7 Å². The maximum absolute atomic E-state index is 13.7. The Hall–Kier alpha value is -2.80. The van der Waals surface area contributed by atoms with Gasteiger partial charge in [-0.05, 0) is 31.5 Å². The van der Waals surface area contributed by atoms with E-state index in [1.807, 2.05) is 13.0 Å². The molecule has 0 radical (unpaired) electrons. The van der Waals surface area contributed by atoms with Crippen molar-refractivity contribution in [1.82, 2.24) is 25.1 Å². The van der Waals surface area contributed by atoms with Gasteiger partial charge in [-0.2, -0.15) is 5.10 Å². The summed E-state index contributed by atoms with van der Waals surface area (Å²) in [7, 11) is 0. The highest BCUT2D eigenvalue weighted by atomic mass is 35.5. The van der Waals surface area contributed by atoms with E-state index in [9.17, 15) is 9.18 Å². The molecule has 0 bridgehead atoms. The van der Waals surface area contributed by atoms with Crippen LogP contribution in [0.4, 0.5) is 4.39 Å². The molecule has 3 aromatic rings. The number of rotatable bonds is 2. The van der Waals surface area contributed by atoms with E-state index >= 15 is 0 Å². The summed E-state index contributed by atoms with van der Waals surface area (Å²) in [4.78, 5) is 23.5. The third-order valence-electron chi connectivity index (χ3n) is 4.40. The Morgan fingerprint density at radius 2 is 2.15 bits per heavy atom. The SMILES string of the molecule is Cc1nc2c(c(-c3ccn[nH]3)n1)CCN(C(=O)c1cccc(F)c1Cl)C2. The van der Waals surface area contributed by atoms with Crippen LogP contribution in [-0.4, -0.2) is 37.5 Å². The Morgan fingerprint density at radius 3 is 2.92 bits per heavy atom. The number of carbonyl (C=O) groups is 1. The lowest BCUT2D eigenvalue weighted by Crippen LogP contribution is -2.37. The fraction of sp³-hybridized carbons (Fsp3) is 0.222. The zero-order valence-corrected chi connectivity index (χ0v) is 14.7. The third-order valence-corrected chi connectivity index (χ3v) is 4.79. The number of nitrogens with zero attached hydrogens (tertiary/aromatic N) is 4. The first kappa shape index (κ1) is 16.7. The van der Waals surface area contributed by atoms with Crippen LogP contribution in [-0.2, 0) is 13.0 Å². The summed E-state index contributed by atoms with van der Waals surface area (Å²) in [6, 6.07) is 6.10. The zero-order valence-electron chi connectivity index (χ0n) is 14.0. The molecular weight excluding hydrogens is 357 g/mol. The van der Waals surface area contributed by atoms with Gasteiger partial charge in [0.25, 0.3) is 5.91 Å². The van der Waals surface area contributed by atoms with Crippen molar-refractivity contribution in [1.29, 1.82) is 0 Å². The summed E-state index contributed by atoms with van der Waals surface area (Å²) in [6.45, 7) is 2.61. The van der Waals surface area contributed by atoms with Crippen molar-refractivity contribution in [3.63, 3.8) is 0 Å². The lowest BCUT2D eigenvalue weighted by Gasteiger charge is -2.29. The van der Waals surface area contributed by atoms with E-state index < -0.39 is 5.82 Å². The maximum Gasteiger partial charge on any atom is 0.255 e. The second-order valence-corrected chi connectivity index (χ2v) is 6.47. The van der Waals surface area contributed by atoms with Crippen molar-refractivity contribution in [3.8, 4) is 11.4 Å². The van der Waals surface area contributed by atoms with Crippen LogP contribution >= 0.6 is 11.6 Å². The first-order chi connectivity index (χ1) is 12.5. The average molecular weight is 372 g/mol. The molecule has 0 atom stereocenters. The zero-order chi connectivity index (χ0) is 18.3. The standard InChI is InChI=1S/C18H15ClFN5O/c1-10-22-15-9-25(18(26)12-3-2-4-13(20)16(12)19)8-6-11(15)17(23-10)14-5-7-21-24-14/h2-5,7H,6,8-9H2,1H3,(H,21,24). The summed E-state index contributed by atoms with van der Waals surface area (Å²) < 4.78 is 13.7. The fourth-order valence-corrected chi connectivity index (χ4v) is 3.38. The van der Waals surface area contributed by atoms with Crippen molar-refractivity contribution in [2.45, 2.75) is 19.9 Å². The van der Waals surface area contributed by atoms with Crippen LogP contribution in [0.5, 0.6) is 0 Å². The highest BCUT2D eigenvalue weighted by Crippen LogP contribution is 2.28. The maximum atomic E-state index is 13.7. The quantitative estimate of drug-likeness (QED) is 0.750. The number of aromatic nitrogens is 4. The van der Waals surface area contributed by atoms with E-state index in [0.717, 1.165) is 22.6 Å². The minimum absolute atomic E-state index is 0.152. The van der Waals surface area contributed by atoms with Crippen molar-refractivity contribution in [2.24, 2.45) is 0 Å². The van der Waals surface area contributed by atoms with E-state index in [0.29, 0.717) is 25.3 Å². The molecule has 3 heterocycles. The van der Waals surface area contributed by atoms with E-state index in [-0.39, 0.29) is 16.5 Å². The monoisotopic (exact) mass is 371 g/mol. The van der Waals surface area contributed by atoms with E-state index in [1.54, 1.807) is 11.1 Å². The molecule has 4 rings (SSSR count). The molecule has 1 aromatic carbocycles. The molecule has 0 spiro atoms. The largest absolute Gasteiger partial charge is 0.332 e. The molecule has 0 saturated carbocycles. The fourth-order valence-electron chi connectivity index (χ4n) is 3.18. The average Bonchev–Trinajstić information content (AvgIpc) is 3.16. The van der Waals surface area contributed by atoms with Gasteiger partial charge in [0.05, 0.1) is 34.2 Å². The predicted molar refractivity (Wildman–Crippen MR) is 94.2 cm³/mol. The number of amides is 1. The van der Waals surface area contributed by atoms with Crippen LogP contribution in [0.2, 0.25) is 5.02 Å². The summed E-state index contributed by atoms with van der Waals surface area (Å²) >= 11 is 5.97. The van der Waals surface area contributed by atoms with Gasteiger partial charge in [-0.3, -0.25) is 9.89 Å². The van der Waals surface area contributed by atoms with Gasteiger partial charge in [0.15, 0.2) is 0 Å². The molecule has 6 nitrogen and oxygen atoms in total. The topological polar surface area (TPSA) is 74.8 Å². The normalized spacial score (nSPS) is 13.6. The van der Waals surface area contributed by atoms with Gasteiger partial charge >= 0.3 is 0 Å². The number of H-pyrrole nitrogens is 1. The molecule has 1 aliphatic heterocycles.